The van der Waals surface area contributed by atoms with Gasteiger partial charge in [-0.15, -0.1) is 11.3 Å². The minimum absolute atomic E-state index is 0.111. The van der Waals surface area contributed by atoms with Crippen molar-refractivity contribution in [3.8, 4) is 32.7 Å². The number of hydrogen-bond acceptors (Lipinski definition) is 8. The van der Waals surface area contributed by atoms with E-state index in [0.29, 0.717) is 56.5 Å². The number of aliphatic hydroxyl groups is 1. The molecule has 1 saturated heterocycles. The molecule has 4 aromatic rings. The fraction of sp³-hybridized carbons (Fsp3) is 0.308. The van der Waals surface area contributed by atoms with Crippen LogP contribution in [-0.2, 0) is 11.2 Å². The number of benzene rings is 1. The molecule has 1 fully saturated rings. The van der Waals surface area contributed by atoms with Crippen molar-refractivity contribution < 1.29 is 23.4 Å². The van der Waals surface area contributed by atoms with Gasteiger partial charge in [0.25, 0.3) is 5.91 Å². The van der Waals surface area contributed by atoms with Crippen LogP contribution in [0.2, 0.25) is 0 Å². The van der Waals surface area contributed by atoms with Crippen LogP contribution in [0.25, 0.3) is 27.0 Å². The molecule has 1 amide bonds. The van der Waals surface area contributed by atoms with E-state index in [-0.39, 0.29) is 11.6 Å². The van der Waals surface area contributed by atoms with Gasteiger partial charge in [0.05, 0.1) is 16.4 Å². The molecule has 5 heterocycles. The Morgan fingerprint density at radius 3 is 2.71 bits per heavy atom. The van der Waals surface area contributed by atoms with E-state index in [9.17, 15) is 18.7 Å². The van der Waals surface area contributed by atoms with Crippen molar-refractivity contribution in [3.63, 3.8) is 0 Å². The first-order valence-electron chi connectivity index (χ1n) is 12.2. The van der Waals surface area contributed by atoms with Gasteiger partial charge in [-0.25, -0.2) is 23.4 Å². The number of fused-ring (bicyclic) bond motifs is 3. The lowest BCUT2D eigenvalue weighted by Gasteiger charge is -2.36. The molecule has 0 bridgehead atoms. The predicted molar refractivity (Wildman–Crippen MR) is 137 cm³/mol. The van der Waals surface area contributed by atoms with Crippen molar-refractivity contribution in [3.05, 3.63) is 59.9 Å². The smallest absolute Gasteiger partial charge is 0.251 e. The topological polar surface area (TPSA) is 96.6 Å². The van der Waals surface area contributed by atoms with Gasteiger partial charge < -0.3 is 19.6 Å². The first kappa shape index (κ1) is 24.4. The number of nitrogens with zero attached hydrogens (tertiary/aromatic N) is 6. The van der Waals surface area contributed by atoms with E-state index in [1.54, 1.807) is 4.90 Å². The number of anilines is 1. The van der Waals surface area contributed by atoms with E-state index < -0.39 is 17.7 Å². The van der Waals surface area contributed by atoms with Crippen molar-refractivity contribution in [2.75, 3.05) is 37.7 Å². The lowest BCUT2D eigenvalue weighted by atomic mass is 10.1. The zero-order valence-electron chi connectivity index (χ0n) is 20.5. The molecule has 0 spiro atoms. The second-order valence-electron chi connectivity index (χ2n) is 9.16. The number of aliphatic hydroxyl groups excluding tert-OH is 1. The second kappa shape index (κ2) is 9.76. The molecule has 38 heavy (non-hydrogen) atoms. The minimum Gasteiger partial charge on any atom is -0.491 e. The fourth-order valence-electron chi connectivity index (χ4n) is 4.75. The van der Waals surface area contributed by atoms with Gasteiger partial charge in [-0.2, -0.15) is 5.10 Å². The van der Waals surface area contributed by atoms with Crippen molar-refractivity contribution in [1.82, 2.24) is 24.6 Å². The molecule has 6 rings (SSSR count). The Hall–Kier alpha value is -3.90. The Balaban J connectivity index is 1.32. The Bertz CT molecular complexity index is 1510. The van der Waals surface area contributed by atoms with Crippen LogP contribution in [0.5, 0.6) is 5.75 Å². The van der Waals surface area contributed by atoms with E-state index in [0.717, 1.165) is 27.2 Å². The van der Waals surface area contributed by atoms with Gasteiger partial charge in [0.15, 0.2) is 11.6 Å². The highest BCUT2D eigenvalue weighted by Crippen LogP contribution is 2.43. The third kappa shape index (κ3) is 4.39. The lowest BCUT2D eigenvalue weighted by Crippen LogP contribution is -2.51. The Morgan fingerprint density at radius 2 is 1.95 bits per heavy atom. The summed E-state index contributed by atoms with van der Waals surface area (Å²) in [6.07, 6.45) is 0.996. The SMILES string of the molecule is CC(O)C(=O)N1CCN(c2ccc3c(n2)-c2sc(-c4ncnn4-c4ccc(F)cc4F)cc2CCO3)CC1. The number of halogens is 2. The van der Waals surface area contributed by atoms with Gasteiger partial charge in [0.1, 0.15) is 41.2 Å². The third-order valence-corrected chi connectivity index (χ3v) is 7.86. The largest absolute Gasteiger partial charge is 0.491 e. The summed E-state index contributed by atoms with van der Waals surface area (Å²) in [5.74, 6) is 0.245. The highest BCUT2D eigenvalue weighted by Gasteiger charge is 2.27. The van der Waals surface area contributed by atoms with Gasteiger partial charge in [-0.3, -0.25) is 4.79 Å². The summed E-state index contributed by atoms with van der Waals surface area (Å²) in [7, 11) is 0. The molecule has 0 saturated carbocycles. The predicted octanol–water partition coefficient (Wildman–Crippen LogP) is 3.30. The summed E-state index contributed by atoms with van der Waals surface area (Å²) < 4.78 is 35.3. The molecular formula is C26H24F2N6O3S. The maximum atomic E-state index is 14.5. The van der Waals surface area contributed by atoms with E-state index in [2.05, 4.69) is 15.0 Å². The van der Waals surface area contributed by atoms with Gasteiger partial charge in [0, 0.05) is 38.7 Å². The number of carbonyl (C=O) groups excluding carboxylic acids is 1. The average Bonchev–Trinajstić information content (AvgIpc) is 3.52. The van der Waals surface area contributed by atoms with E-state index in [1.807, 2.05) is 18.2 Å². The second-order valence-corrected chi connectivity index (χ2v) is 10.2. The number of thiophene rings is 1. The number of ether oxygens (including phenoxy) is 1. The number of pyridine rings is 1. The van der Waals surface area contributed by atoms with Crippen LogP contribution in [0.3, 0.4) is 0 Å². The summed E-state index contributed by atoms with van der Waals surface area (Å²) in [4.78, 5) is 26.9. The van der Waals surface area contributed by atoms with E-state index in [1.165, 1.54) is 41.4 Å². The minimum atomic E-state index is -1.01. The molecular weight excluding hydrogens is 514 g/mol. The highest BCUT2D eigenvalue weighted by molar-refractivity contribution is 7.19. The van der Waals surface area contributed by atoms with Crippen LogP contribution in [0.1, 0.15) is 12.5 Å². The van der Waals surface area contributed by atoms with Crippen molar-refractivity contribution in [2.24, 2.45) is 0 Å². The van der Waals surface area contributed by atoms with Crippen LogP contribution < -0.4 is 9.64 Å². The van der Waals surface area contributed by atoms with Crippen LogP contribution >= 0.6 is 11.3 Å². The van der Waals surface area contributed by atoms with Gasteiger partial charge in [-0.05, 0) is 42.8 Å². The van der Waals surface area contributed by atoms with Crippen LogP contribution in [0.15, 0.2) is 42.7 Å². The molecule has 1 unspecified atom stereocenters. The molecule has 196 valence electrons. The normalized spacial score (nSPS) is 15.9. The van der Waals surface area contributed by atoms with Crippen molar-refractivity contribution >= 4 is 23.1 Å². The first-order valence-corrected chi connectivity index (χ1v) is 13.1. The van der Waals surface area contributed by atoms with E-state index >= 15 is 0 Å². The molecule has 0 aliphatic carbocycles. The Kier molecular flexibility index (Phi) is 6.28. The molecule has 12 heteroatoms. The van der Waals surface area contributed by atoms with Gasteiger partial charge in [0.2, 0.25) is 0 Å². The quantitative estimate of drug-likeness (QED) is 0.426. The van der Waals surface area contributed by atoms with Crippen molar-refractivity contribution in [2.45, 2.75) is 19.4 Å². The number of piperazine rings is 1. The number of carbonyl (C=O) groups is 1. The molecule has 9 nitrogen and oxygen atoms in total. The number of amides is 1. The van der Waals surface area contributed by atoms with Crippen LogP contribution in [0, 0.1) is 11.6 Å². The molecule has 1 aromatic carbocycles. The number of aromatic nitrogens is 4. The zero-order chi connectivity index (χ0) is 26.4. The number of hydrogen-bond donors (Lipinski definition) is 1. The third-order valence-electron chi connectivity index (χ3n) is 6.68. The summed E-state index contributed by atoms with van der Waals surface area (Å²) in [6, 6.07) is 9.17. The molecule has 1 N–H and O–H groups in total. The van der Waals surface area contributed by atoms with Gasteiger partial charge in [-0.1, -0.05) is 0 Å². The molecule has 0 radical (unpaired) electrons. The van der Waals surface area contributed by atoms with Crippen LogP contribution in [0.4, 0.5) is 14.6 Å². The summed E-state index contributed by atoms with van der Waals surface area (Å²) in [5.41, 5.74) is 1.86. The van der Waals surface area contributed by atoms with Crippen LogP contribution in [-0.4, -0.2) is 74.6 Å². The monoisotopic (exact) mass is 538 g/mol. The summed E-state index contributed by atoms with van der Waals surface area (Å²) >= 11 is 1.47. The van der Waals surface area contributed by atoms with Crippen molar-refractivity contribution in [1.29, 1.82) is 0 Å². The highest BCUT2D eigenvalue weighted by atomic mass is 32.1. The summed E-state index contributed by atoms with van der Waals surface area (Å²) in [5, 5.41) is 13.8. The lowest BCUT2D eigenvalue weighted by molar-refractivity contribution is -0.139. The number of rotatable bonds is 4. The van der Waals surface area contributed by atoms with Gasteiger partial charge >= 0.3 is 0 Å². The standard InChI is InChI=1S/C26H24F2N6O3S/c1-15(35)26(36)33-9-7-32(8-10-33)22-5-4-20-23(31-22)24-16(6-11-37-20)12-21(38-24)25-29-14-30-34(25)19-3-2-17(27)13-18(19)28/h2-5,12-15,35H,6-11H2,1H3. The maximum Gasteiger partial charge on any atom is 0.251 e. The Morgan fingerprint density at radius 1 is 1.13 bits per heavy atom. The average molecular weight is 539 g/mol. The maximum absolute atomic E-state index is 14.5. The Labute approximate surface area is 220 Å². The van der Waals surface area contributed by atoms with E-state index in [4.69, 9.17) is 9.72 Å². The molecule has 3 aromatic heterocycles. The molecule has 2 aliphatic heterocycles. The molecule has 1 atom stereocenters. The molecule has 2 aliphatic rings. The zero-order valence-corrected chi connectivity index (χ0v) is 21.3. The fourth-order valence-corrected chi connectivity index (χ4v) is 5.93. The first-order chi connectivity index (χ1) is 18.4. The summed E-state index contributed by atoms with van der Waals surface area (Å²) in [6.45, 7) is 4.16.